The van der Waals surface area contributed by atoms with Crippen LogP contribution in [0.15, 0.2) is 179 Å². The summed E-state index contributed by atoms with van der Waals surface area (Å²) in [5.74, 6) is 0.823. The average Bonchev–Trinajstić information content (AvgIpc) is 3.77. The Morgan fingerprint density at radius 2 is 1.26 bits per heavy atom. The van der Waals surface area contributed by atoms with Crippen LogP contribution >= 0.6 is 0 Å². The van der Waals surface area contributed by atoms with Gasteiger partial charge in [0.05, 0.1) is 0 Å². The molecule has 8 aromatic rings. The Balaban J connectivity index is 1.17. The van der Waals surface area contributed by atoms with Gasteiger partial charge >= 0.3 is 0 Å². The third-order valence-corrected chi connectivity index (χ3v) is 10.0. The van der Waals surface area contributed by atoms with Crippen molar-refractivity contribution in [2.75, 3.05) is 4.90 Å². The fourth-order valence-electron chi connectivity index (χ4n) is 7.38. The average molecular weight is 688 g/mol. The molecule has 0 bridgehead atoms. The molecule has 2 heterocycles. The van der Waals surface area contributed by atoms with Gasteiger partial charge in [-0.3, -0.25) is 0 Å². The van der Waals surface area contributed by atoms with Gasteiger partial charge < -0.3 is 13.7 Å². The van der Waals surface area contributed by atoms with Crippen molar-refractivity contribution in [1.82, 2.24) is 0 Å². The number of hydrogen-bond acceptors (Lipinski definition) is 3. The predicted molar refractivity (Wildman–Crippen MR) is 226 cm³/mol. The standard InChI is InChI=1S/C50H41NO2/c1-5-15-47-41(7-3)45-21-14-20-43(50(45)52-47)38-28-32-40(33-29-38)51(39-30-26-37(27-31-39)36-16-9-8-10-17-36)34(4)24-25-35(6-2)42-19-13-22-46-44-18-11-12-23-48(44)53-49(42)46/h5-34H,3H2,1-2,4H3/b15-5-,25-24-,35-6+. The molecule has 0 spiro atoms. The predicted octanol–water partition coefficient (Wildman–Crippen LogP) is 14.5. The van der Waals surface area contributed by atoms with Crippen LogP contribution in [0.4, 0.5) is 11.4 Å². The van der Waals surface area contributed by atoms with Crippen molar-refractivity contribution < 1.29 is 8.83 Å². The second kappa shape index (κ2) is 14.6. The fourth-order valence-corrected chi connectivity index (χ4v) is 7.38. The summed E-state index contributed by atoms with van der Waals surface area (Å²) >= 11 is 0. The summed E-state index contributed by atoms with van der Waals surface area (Å²) in [4.78, 5) is 2.39. The number of benzene rings is 6. The van der Waals surface area contributed by atoms with Gasteiger partial charge in [-0.2, -0.15) is 0 Å². The Morgan fingerprint density at radius 3 is 1.98 bits per heavy atom. The van der Waals surface area contributed by atoms with E-state index in [1.54, 1.807) is 0 Å². The first-order valence-electron chi connectivity index (χ1n) is 18.2. The lowest BCUT2D eigenvalue weighted by atomic mass is 10.00. The van der Waals surface area contributed by atoms with Crippen LogP contribution in [0, 0.1) is 0 Å². The second-order valence-electron chi connectivity index (χ2n) is 13.2. The Bertz CT molecular complexity index is 2650. The van der Waals surface area contributed by atoms with Crippen LogP contribution < -0.4 is 4.90 Å². The highest BCUT2D eigenvalue weighted by atomic mass is 16.3. The number of nitrogens with zero attached hydrogens (tertiary/aromatic N) is 1. The van der Waals surface area contributed by atoms with E-state index >= 15 is 0 Å². The topological polar surface area (TPSA) is 29.5 Å². The van der Waals surface area contributed by atoms with E-state index in [9.17, 15) is 0 Å². The number of allylic oxidation sites excluding steroid dienone is 4. The quantitative estimate of drug-likeness (QED) is 0.134. The first-order valence-corrected chi connectivity index (χ1v) is 18.2. The Kier molecular flexibility index (Phi) is 9.23. The van der Waals surface area contributed by atoms with Crippen molar-refractivity contribution in [3.05, 3.63) is 187 Å². The number of hydrogen-bond donors (Lipinski definition) is 0. The molecule has 0 aliphatic heterocycles. The van der Waals surface area contributed by atoms with E-state index in [1.165, 1.54) is 11.1 Å². The molecule has 0 saturated carbocycles. The molecule has 2 aromatic heterocycles. The third kappa shape index (κ3) is 6.32. The lowest BCUT2D eigenvalue weighted by Gasteiger charge is -2.30. The number of para-hydroxylation sites is 3. The van der Waals surface area contributed by atoms with Gasteiger partial charge in [0.15, 0.2) is 0 Å². The van der Waals surface area contributed by atoms with Crippen LogP contribution in [0.1, 0.15) is 37.7 Å². The molecule has 0 radical (unpaired) electrons. The normalized spacial score (nSPS) is 12.8. The van der Waals surface area contributed by atoms with Crippen LogP contribution in [0.2, 0.25) is 0 Å². The maximum atomic E-state index is 6.41. The summed E-state index contributed by atoms with van der Waals surface area (Å²) in [6.45, 7) is 10.4. The summed E-state index contributed by atoms with van der Waals surface area (Å²) < 4.78 is 12.8. The van der Waals surface area contributed by atoms with Gasteiger partial charge in [0.1, 0.15) is 22.5 Å². The first kappa shape index (κ1) is 33.6. The molecule has 1 unspecified atom stereocenters. The molecule has 258 valence electrons. The number of anilines is 2. The SMILES string of the molecule is C=Cc1c(/C=C\C)oc2c(-c3ccc(N(c4ccc(-c5ccccc5)cc4)C(C)/C=C\C(=C/C)c4cccc5c4oc4ccccc45)cc3)cccc12. The summed E-state index contributed by atoms with van der Waals surface area (Å²) in [5.41, 5.74) is 12.6. The molecule has 3 heteroatoms. The molecule has 6 aromatic carbocycles. The zero-order valence-corrected chi connectivity index (χ0v) is 30.3. The van der Waals surface area contributed by atoms with Crippen molar-refractivity contribution in [3.8, 4) is 22.3 Å². The van der Waals surface area contributed by atoms with Crippen molar-refractivity contribution in [1.29, 1.82) is 0 Å². The lowest BCUT2D eigenvalue weighted by molar-refractivity contribution is 0.604. The summed E-state index contributed by atoms with van der Waals surface area (Å²) in [6.07, 6.45) is 12.5. The monoisotopic (exact) mass is 687 g/mol. The van der Waals surface area contributed by atoms with Gasteiger partial charge in [-0.25, -0.2) is 0 Å². The largest absolute Gasteiger partial charge is 0.455 e. The van der Waals surface area contributed by atoms with E-state index in [4.69, 9.17) is 8.83 Å². The lowest BCUT2D eigenvalue weighted by Crippen LogP contribution is -2.26. The molecule has 1 atom stereocenters. The summed E-state index contributed by atoms with van der Waals surface area (Å²) in [7, 11) is 0. The highest BCUT2D eigenvalue weighted by molar-refractivity contribution is 6.08. The molecule has 53 heavy (non-hydrogen) atoms. The molecule has 0 saturated heterocycles. The highest BCUT2D eigenvalue weighted by Crippen LogP contribution is 2.38. The minimum atomic E-state index is 0.0142. The first-order chi connectivity index (χ1) is 26.1. The van der Waals surface area contributed by atoms with Crippen LogP contribution in [0.25, 0.3) is 72.9 Å². The molecule has 0 N–H and O–H groups in total. The van der Waals surface area contributed by atoms with Crippen LogP contribution in [-0.2, 0) is 0 Å². The van der Waals surface area contributed by atoms with Gasteiger partial charge in [-0.1, -0.05) is 146 Å². The fraction of sp³-hybridized carbons (Fsp3) is 0.0800. The molecule has 0 aliphatic rings. The Hall–Kier alpha value is -6.58. The maximum absolute atomic E-state index is 6.41. The van der Waals surface area contributed by atoms with E-state index in [0.717, 1.165) is 77.9 Å². The second-order valence-corrected chi connectivity index (χ2v) is 13.2. The summed E-state index contributed by atoms with van der Waals surface area (Å²) in [5, 5.41) is 3.32. The van der Waals surface area contributed by atoms with Crippen molar-refractivity contribution >= 4 is 62.0 Å². The smallest absolute Gasteiger partial charge is 0.143 e. The molecule has 3 nitrogen and oxygen atoms in total. The molecular formula is C50H41NO2. The van der Waals surface area contributed by atoms with E-state index in [1.807, 2.05) is 37.3 Å². The molecule has 0 fully saturated rings. The zero-order chi connectivity index (χ0) is 36.3. The van der Waals surface area contributed by atoms with Crippen molar-refractivity contribution in [2.24, 2.45) is 0 Å². The van der Waals surface area contributed by atoms with Gasteiger partial charge in [0.2, 0.25) is 0 Å². The van der Waals surface area contributed by atoms with Crippen molar-refractivity contribution in [3.63, 3.8) is 0 Å². The third-order valence-electron chi connectivity index (χ3n) is 10.0. The van der Waals surface area contributed by atoms with Gasteiger partial charge in [0, 0.05) is 50.3 Å². The van der Waals surface area contributed by atoms with Gasteiger partial charge in [-0.05, 0) is 79.4 Å². The Morgan fingerprint density at radius 1 is 0.623 bits per heavy atom. The number of fused-ring (bicyclic) bond motifs is 4. The van der Waals surface area contributed by atoms with Crippen LogP contribution in [0.3, 0.4) is 0 Å². The van der Waals surface area contributed by atoms with Crippen molar-refractivity contribution in [2.45, 2.75) is 26.8 Å². The van der Waals surface area contributed by atoms with Gasteiger partial charge in [0.25, 0.3) is 0 Å². The molecule has 0 aliphatic carbocycles. The Labute approximate surface area is 311 Å². The highest BCUT2D eigenvalue weighted by Gasteiger charge is 2.19. The maximum Gasteiger partial charge on any atom is 0.143 e. The molecular weight excluding hydrogens is 647 g/mol. The minimum Gasteiger partial charge on any atom is -0.455 e. The number of furan rings is 2. The minimum absolute atomic E-state index is 0.0142. The molecule has 8 rings (SSSR count). The van der Waals surface area contributed by atoms with E-state index in [0.29, 0.717) is 0 Å². The van der Waals surface area contributed by atoms with E-state index in [-0.39, 0.29) is 6.04 Å². The molecule has 0 amide bonds. The van der Waals surface area contributed by atoms with E-state index in [2.05, 4.69) is 171 Å². The summed E-state index contributed by atoms with van der Waals surface area (Å²) in [6, 6.07) is 49.1. The number of rotatable bonds is 10. The van der Waals surface area contributed by atoms with Crippen LogP contribution in [-0.4, -0.2) is 6.04 Å². The van der Waals surface area contributed by atoms with Crippen LogP contribution in [0.5, 0.6) is 0 Å². The zero-order valence-electron chi connectivity index (χ0n) is 30.3. The van der Waals surface area contributed by atoms with E-state index < -0.39 is 0 Å². The van der Waals surface area contributed by atoms with Gasteiger partial charge in [-0.15, -0.1) is 0 Å².